The van der Waals surface area contributed by atoms with Gasteiger partial charge in [0.25, 0.3) is 0 Å². The molecule has 8 nitrogen and oxygen atoms in total. The molecule has 2 fully saturated rings. The minimum atomic E-state index is -0.0251. The van der Waals surface area contributed by atoms with Crippen molar-refractivity contribution in [3.8, 4) is 33.6 Å². The maximum atomic E-state index is 13.2. The standard InChI is InChI=1S/C42H40N6O2/c49-39(25-29-9-3-1-4-10-29)47-23-7-13-37(47)41-43-27-35(45-41)33-19-15-31(16-20-33)32-17-21-34(22-18-32)36-28-44-42(46-36)38-14-8-24-48(38)40(50)26-30-11-5-2-6-12-30/h1-6,9-12,15-22,27-28,37-38H,7-8,13-14,23-26H2,(H,43,45)(H,44,46)/t37-,38?/m0/s1. The summed E-state index contributed by atoms with van der Waals surface area (Å²) in [6, 6.07) is 36.8. The minimum absolute atomic E-state index is 0.0251. The van der Waals surface area contributed by atoms with E-state index in [1.165, 1.54) is 0 Å². The Hall–Kier alpha value is -5.76. The van der Waals surface area contributed by atoms with Crippen molar-refractivity contribution in [3.63, 3.8) is 0 Å². The van der Waals surface area contributed by atoms with E-state index in [-0.39, 0.29) is 23.9 Å². The number of aromatic nitrogens is 4. The molecule has 0 radical (unpaired) electrons. The van der Waals surface area contributed by atoms with Crippen molar-refractivity contribution in [2.75, 3.05) is 13.1 Å². The number of rotatable bonds is 9. The van der Waals surface area contributed by atoms with E-state index in [1.54, 1.807) is 0 Å². The van der Waals surface area contributed by atoms with E-state index < -0.39 is 0 Å². The van der Waals surface area contributed by atoms with E-state index in [2.05, 4.69) is 58.5 Å². The van der Waals surface area contributed by atoms with Crippen molar-refractivity contribution in [2.45, 2.75) is 50.6 Å². The maximum Gasteiger partial charge on any atom is 0.227 e. The molecule has 0 saturated carbocycles. The summed E-state index contributed by atoms with van der Waals surface area (Å²) in [7, 11) is 0. The van der Waals surface area contributed by atoms with Gasteiger partial charge in [-0.25, -0.2) is 9.97 Å². The van der Waals surface area contributed by atoms with E-state index in [4.69, 9.17) is 9.97 Å². The highest BCUT2D eigenvalue weighted by molar-refractivity contribution is 5.80. The van der Waals surface area contributed by atoms with Crippen molar-refractivity contribution < 1.29 is 9.59 Å². The fourth-order valence-corrected chi connectivity index (χ4v) is 7.43. The minimum Gasteiger partial charge on any atom is -0.340 e. The Labute approximate surface area is 292 Å². The zero-order valence-corrected chi connectivity index (χ0v) is 28.0. The molecule has 2 N–H and O–H groups in total. The lowest BCUT2D eigenvalue weighted by Crippen LogP contribution is -2.32. The quantitative estimate of drug-likeness (QED) is 0.165. The van der Waals surface area contributed by atoms with Crippen LogP contribution in [0.1, 0.15) is 60.5 Å². The van der Waals surface area contributed by atoms with Crippen molar-refractivity contribution >= 4 is 11.8 Å². The highest BCUT2D eigenvalue weighted by Gasteiger charge is 2.33. The van der Waals surface area contributed by atoms with Gasteiger partial charge in [-0.15, -0.1) is 0 Å². The first-order valence-electron chi connectivity index (χ1n) is 17.6. The van der Waals surface area contributed by atoms with Crippen molar-refractivity contribution in [1.29, 1.82) is 0 Å². The lowest BCUT2D eigenvalue weighted by molar-refractivity contribution is -0.132. The smallest absolute Gasteiger partial charge is 0.227 e. The van der Waals surface area contributed by atoms with Crippen LogP contribution in [0.4, 0.5) is 0 Å². The Balaban J connectivity index is 0.910. The lowest BCUT2D eigenvalue weighted by Gasteiger charge is -2.23. The predicted molar refractivity (Wildman–Crippen MR) is 195 cm³/mol. The van der Waals surface area contributed by atoms with Gasteiger partial charge in [0, 0.05) is 13.1 Å². The van der Waals surface area contributed by atoms with Crippen LogP contribution in [0.25, 0.3) is 33.6 Å². The van der Waals surface area contributed by atoms with E-state index in [1.807, 2.05) is 82.9 Å². The van der Waals surface area contributed by atoms with Crippen LogP contribution in [0.5, 0.6) is 0 Å². The number of H-pyrrole nitrogens is 2. The molecule has 2 aliphatic heterocycles. The number of nitrogens with one attached hydrogen (secondary N) is 2. The molecule has 0 bridgehead atoms. The van der Waals surface area contributed by atoms with Crippen LogP contribution >= 0.6 is 0 Å². The summed E-state index contributed by atoms with van der Waals surface area (Å²) in [5.41, 5.74) is 8.31. The second-order valence-corrected chi connectivity index (χ2v) is 13.3. The number of amides is 2. The second-order valence-electron chi connectivity index (χ2n) is 13.3. The third kappa shape index (κ3) is 6.61. The number of imidazole rings is 2. The number of benzene rings is 4. The van der Waals surface area contributed by atoms with Gasteiger partial charge in [-0.2, -0.15) is 0 Å². The molecule has 4 heterocycles. The van der Waals surface area contributed by atoms with E-state index >= 15 is 0 Å². The Morgan fingerprint density at radius 3 is 1.32 bits per heavy atom. The monoisotopic (exact) mass is 660 g/mol. The number of nitrogens with zero attached hydrogens (tertiary/aromatic N) is 4. The summed E-state index contributed by atoms with van der Waals surface area (Å²) >= 11 is 0. The molecule has 4 aromatic carbocycles. The summed E-state index contributed by atoms with van der Waals surface area (Å²) in [5.74, 6) is 1.98. The summed E-state index contributed by atoms with van der Waals surface area (Å²) in [6.45, 7) is 1.52. The number of carbonyl (C=O) groups is 2. The molecular formula is C42H40N6O2. The zero-order chi connectivity index (χ0) is 33.9. The first-order chi connectivity index (χ1) is 24.6. The maximum absolute atomic E-state index is 13.2. The summed E-state index contributed by atoms with van der Waals surface area (Å²) < 4.78 is 0. The topological polar surface area (TPSA) is 98.0 Å². The van der Waals surface area contributed by atoms with E-state index in [9.17, 15) is 9.59 Å². The first kappa shape index (κ1) is 31.5. The molecule has 0 aliphatic carbocycles. The Morgan fingerprint density at radius 1 is 0.540 bits per heavy atom. The van der Waals surface area contributed by atoms with Gasteiger partial charge in [-0.3, -0.25) is 9.59 Å². The fraction of sp³-hybridized carbons (Fsp3) is 0.238. The van der Waals surface area contributed by atoms with Gasteiger partial charge in [0.1, 0.15) is 11.6 Å². The molecule has 2 saturated heterocycles. The van der Waals surface area contributed by atoms with Crippen LogP contribution in [-0.4, -0.2) is 54.6 Å². The van der Waals surface area contributed by atoms with Gasteiger partial charge < -0.3 is 19.8 Å². The molecule has 8 heteroatoms. The van der Waals surface area contributed by atoms with E-state index in [0.717, 1.165) is 95.2 Å². The van der Waals surface area contributed by atoms with Crippen LogP contribution in [-0.2, 0) is 22.4 Å². The average Bonchev–Trinajstić information content (AvgIpc) is 3.99. The molecule has 0 spiro atoms. The van der Waals surface area contributed by atoms with E-state index in [0.29, 0.717) is 12.8 Å². The number of likely N-dealkylation sites (tertiary alicyclic amines) is 2. The molecule has 2 aliphatic rings. The summed E-state index contributed by atoms with van der Waals surface area (Å²) in [5, 5.41) is 0. The molecule has 50 heavy (non-hydrogen) atoms. The van der Waals surface area contributed by atoms with Gasteiger partial charge in [0.2, 0.25) is 11.8 Å². The number of aromatic amines is 2. The van der Waals surface area contributed by atoms with Crippen LogP contribution in [0.15, 0.2) is 122 Å². The SMILES string of the molecule is O=C(Cc1ccccc1)N1CCCC1c1ncc(-c2ccc(-c3ccc(-c4cnc([C@@H]5CCCN5C(=O)Cc5ccccc5)[nH]4)cc3)cc2)[nH]1. The summed E-state index contributed by atoms with van der Waals surface area (Å²) in [4.78, 5) is 46.7. The van der Waals surface area contributed by atoms with Crippen molar-refractivity contribution in [1.82, 2.24) is 29.7 Å². The predicted octanol–water partition coefficient (Wildman–Crippen LogP) is 7.95. The molecule has 2 amide bonds. The van der Waals surface area contributed by atoms with Gasteiger partial charge >= 0.3 is 0 Å². The van der Waals surface area contributed by atoms with Gasteiger partial charge in [0.15, 0.2) is 0 Å². The lowest BCUT2D eigenvalue weighted by atomic mass is 10.0. The molecule has 2 aromatic heterocycles. The Kier molecular flexibility index (Phi) is 8.82. The van der Waals surface area contributed by atoms with Crippen LogP contribution < -0.4 is 0 Å². The largest absolute Gasteiger partial charge is 0.340 e. The van der Waals surface area contributed by atoms with Crippen molar-refractivity contribution in [2.24, 2.45) is 0 Å². The molecule has 6 aromatic rings. The number of hydrogen-bond donors (Lipinski definition) is 2. The second kappa shape index (κ2) is 14.0. The molecular weight excluding hydrogens is 621 g/mol. The van der Waals surface area contributed by atoms with Gasteiger partial charge in [-0.1, -0.05) is 109 Å². The Morgan fingerprint density at radius 2 is 0.920 bits per heavy atom. The first-order valence-corrected chi connectivity index (χ1v) is 17.6. The highest BCUT2D eigenvalue weighted by atomic mass is 16.2. The third-order valence-corrected chi connectivity index (χ3v) is 10.1. The van der Waals surface area contributed by atoms with Crippen LogP contribution in [0, 0.1) is 0 Å². The summed E-state index contributed by atoms with van der Waals surface area (Å²) in [6.07, 6.45) is 8.35. The average molecular weight is 661 g/mol. The third-order valence-electron chi connectivity index (χ3n) is 10.1. The Bertz CT molecular complexity index is 1920. The highest BCUT2D eigenvalue weighted by Crippen LogP contribution is 2.34. The molecule has 250 valence electrons. The normalized spacial score (nSPS) is 17.4. The van der Waals surface area contributed by atoms with Crippen LogP contribution in [0.3, 0.4) is 0 Å². The fourth-order valence-electron chi connectivity index (χ4n) is 7.43. The van der Waals surface area contributed by atoms with Gasteiger partial charge in [0.05, 0.1) is 48.7 Å². The molecule has 2 atom stereocenters. The van der Waals surface area contributed by atoms with Crippen molar-refractivity contribution in [3.05, 3.63) is 144 Å². The number of hydrogen-bond acceptors (Lipinski definition) is 4. The molecule has 8 rings (SSSR count). The molecule has 1 unspecified atom stereocenters. The number of carbonyl (C=O) groups excluding carboxylic acids is 2. The zero-order valence-electron chi connectivity index (χ0n) is 28.0. The van der Waals surface area contributed by atoms with Gasteiger partial charge in [-0.05, 0) is 59.1 Å². The van der Waals surface area contributed by atoms with Crippen LogP contribution in [0.2, 0.25) is 0 Å².